The van der Waals surface area contributed by atoms with Crippen LogP contribution in [0, 0.1) is 15.9 Å². The van der Waals surface area contributed by atoms with Crippen molar-refractivity contribution in [2.45, 2.75) is 0 Å². The first-order valence-corrected chi connectivity index (χ1v) is 6.77. The molecular weight excluding hydrogens is 319 g/mol. The van der Waals surface area contributed by atoms with E-state index < -0.39 is 16.6 Å². The fraction of sp³-hybridized carbons (Fsp3) is 0.0667. The number of aromatic nitrogens is 2. The summed E-state index contributed by atoms with van der Waals surface area (Å²) < 4.78 is 18.8. The van der Waals surface area contributed by atoms with Gasteiger partial charge in [0, 0.05) is 18.2 Å². The molecule has 0 saturated carbocycles. The van der Waals surface area contributed by atoms with E-state index in [1.165, 1.54) is 37.4 Å². The van der Waals surface area contributed by atoms with Crippen LogP contribution in [-0.2, 0) is 0 Å². The largest absolute Gasteiger partial charge is 0.497 e. The third-order valence-corrected chi connectivity index (χ3v) is 3.41. The molecule has 3 rings (SSSR count). The van der Waals surface area contributed by atoms with Crippen LogP contribution >= 0.6 is 0 Å². The van der Waals surface area contributed by atoms with Crippen LogP contribution in [0.2, 0.25) is 0 Å². The van der Waals surface area contributed by atoms with Gasteiger partial charge in [-0.15, -0.1) is 0 Å². The van der Waals surface area contributed by atoms with E-state index in [4.69, 9.17) is 4.74 Å². The molecule has 2 N–H and O–H groups in total. The number of benzene rings is 2. The number of non-ortho nitro benzene ring substituents is 1. The number of nitro benzene ring substituents is 1. The van der Waals surface area contributed by atoms with E-state index in [1.54, 1.807) is 0 Å². The lowest BCUT2D eigenvalue weighted by Crippen LogP contribution is -2.14. The number of carbonyl (C=O) groups excluding carboxylic acids is 1. The summed E-state index contributed by atoms with van der Waals surface area (Å²) in [5, 5.41) is 20.2. The summed E-state index contributed by atoms with van der Waals surface area (Å²) in [6.07, 6.45) is 0. The number of amides is 1. The minimum atomic E-state index is -0.752. The quantitative estimate of drug-likeness (QED) is 0.564. The van der Waals surface area contributed by atoms with Crippen molar-refractivity contribution in [2.75, 3.05) is 12.4 Å². The smallest absolute Gasteiger partial charge is 0.270 e. The normalized spacial score (nSPS) is 10.6. The number of carbonyl (C=O) groups is 1. The molecule has 9 heteroatoms. The van der Waals surface area contributed by atoms with E-state index in [-0.39, 0.29) is 22.8 Å². The number of nitrogens with zero attached hydrogens (tertiary/aromatic N) is 2. The fourth-order valence-corrected chi connectivity index (χ4v) is 2.19. The molecule has 1 heterocycles. The van der Waals surface area contributed by atoms with Crippen molar-refractivity contribution in [2.24, 2.45) is 0 Å². The molecule has 1 aromatic heterocycles. The third kappa shape index (κ3) is 2.74. The van der Waals surface area contributed by atoms with Crippen molar-refractivity contribution in [3.05, 3.63) is 57.9 Å². The Kier molecular flexibility index (Phi) is 3.82. The molecular formula is C15H11FN4O4. The molecule has 0 saturated heterocycles. The first-order valence-electron chi connectivity index (χ1n) is 6.77. The average Bonchev–Trinajstić information content (AvgIpc) is 2.96. The van der Waals surface area contributed by atoms with Gasteiger partial charge >= 0.3 is 0 Å². The number of H-pyrrole nitrogens is 1. The molecule has 0 unspecified atom stereocenters. The van der Waals surface area contributed by atoms with Crippen LogP contribution in [0.5, 0.6) is 5.75 Å². The molecule has 0 spiro atoms. The lowest BCUT2D eigenvalue weighted by Gasteiger charge is -2.06. The lowest BCUT2D eigenvalue weighted by atomic mass is 10.2. The number of anilines is 1. The standard InChI is InChI=1S/C15H11FN4O4/c1-24-9-3-4-10(12(16)7-9)15(21)17-14-11-6-8(20(22)23)2-5-13(11)18-19-14/h2-7H,1H3,(H2,17,18,19,21). The number of hydrogen-bond donors (Lipinski definition) is 2. The summed E-state index contributed by atoms with van der Waals surface area (Å²) in [5.41, 5.74) is 0.165. The van der Waals surface area contributed by atoms with Crippen molar-refractivity contribution in [1.29, 1.82) is 0 Å². The summed E-state index contributed by atoms with van der Waals surface area (Å²) in [4.78, 5) is 22.5. The van der Waals surface area contributed by atoms with Crippen LogP contribution < -0.4 is 10.1 Å². The highest BCUT2D eigenvalue weighted by Crippen LogP contribution is 2.26. The molecule has 0 fully saturated rings. The predicted octanol–water partition coefficient (Wildman–Crippen LogP) is 2.87. The number of methoxy groups -OCH3 is 1. The van der Waals surface area contributed by atoms with E-state index in [0.717, 1.165) is 6.07 Å². The number of fused-ring (bicyclic) bond motifs is 1. The monoisotopic (exact) mass is 330 g/mol. The Morgan fingerprint density at radius 3 is 2.79 bits per heavy atom. The highest BCUT2D eigenvalue weighted by Gasteiger charge is 2.17. The Labute approximate surface area is 134 Å². The Morgan fingerprint density at radius 1 is 1.33 bits per heavy atom. The molecule has 3 aromatic rings. The number of aromatic amines is 1. The summed E-state index contributed by atoms with van der Waals surface area (Å²) in [6.45, 7) is 0. The van der Waals surface area contributed by atoms with Crippen molar-refractivity contribution >= 4 is 28.3 Å². The molecule has 8 nitrogen and oxygen atoms in total. The number of ether oxygens (including phenoxy) is 1. The van der Waals surface area contributed by atoms with Gasteiger partial charge in [-0.05, 0) is 18.2 Å². The molecule has 0 aliphatic carbocycles. The van der Waals surface area contributed by atoms with Crippen LogP contribution in [0.3, 0.4) is 0 Å². The minimum absolute atomic E-state index is 0.0777. The van der Waals surface area contributed by atoms with E-state index >= 15 is 0 Å². The maximum Gasteiger partial charge on any atom is 0.270 e. The molecule has 2 aromatic carbocycles. The molecule has 0 atom stereocenters. The van der Waals surface area contributed by atoms with Crippen molar-refractivity contribution < 1.29 is 18.8 Å². The summed E-state index contributed by atoms with van der Waals surface area (Å²) in [5.74, 6) is -1.12. The van der Waals surface area contributed by atoms with Gasteiger partial charge in [-0.25, -0.2) is 4.39 Å². The molecule has 0 bridgehead atoms. The molecule has 0 radical (unpaired) electrons. The Balaban J connectivity index is 1.93. The molecule has 122 valence electrons. The van der Waals surface area contributed by atoms with Crippen LogP contribution in [-0.4, -0.2) is 28.1 Å². The van der Waals surface area contributed by atoms with Gasteiger partial charge in [0.1, 0.15) is 11.6 Å². The van der Waals surface area contributed by atoms with Gasteiger partial charge in [-0.2, -0.15) is 5.10 Å². The summed E-state index contributed by atoms with van der Waals surface area (Å²) in [6, 6.07) is 7.88. The first kappa shape index (κ1) is 15.4. The molecule has 0 aliphatic heterocycles. The summed E-state index contributed by atoms with van der Waals surface area (Å²) >= 11 is 0. The number of nitrogens with one attached hydrogen (secondary N) is 2. The maximum absolute atomic E-state index is 13.9. The number of hydrogen-bond acceptors (Lipinski definition) is 5. The molecule has 1 amide bonds. The second-order valence-electron chi connectivity index (χ2n) is 4.86. The van der Waals surface area contributed by atoms with Crippen molar-refractivity contribution in [3.63, 3.8) is 0 Å². The number of halogens is 1. The van der Waals surface area contributed by atoms with Gasteiger partial charge in [0.2, 0.25) is 0 Å². The Hall–Kier alpha value is -3.49. The Morgan fingerprint density at radius 2 is 2.12 bits per heavy atom. The number of rotatable bonds is 4. The van der Waals surface area contributed by atoms with Gasteiger partial charge in [-0.3, -0.25) is 20.0 Å². The zero-order chi connectivity index (χ0) is 17.3. The number of nitro groups is 1. The predicted molar refractivity (Wildman–Crippen MR) is 83.7 cm³/mol. The second-order valence-corrected chi connectivity index (χ2v) is 4.86. The molecule has 24 heavy (non-hydrogen) atoms. The highest BCUT2D eigenvalue weighted by molar-refractivity contribution is 6.08. The maximum atomic E-state index is 13.9. The highest BCUT2D eigenvalue weighted by atomic mass is 19.1. The zero-order valence-corrected chi connectivity index (χ0v) is 12.4. The van der Waals surface area contributed by atoms with Gasteiger partial charge in [0.15, 0.2) is 5.82 Å². The van der Waals surface area contributed by atoms with E-state index in [1.807, 2.05) is 0 Å². The van der Waals surface area contributed by atoms with Crippen LogP contribution in [0.4, 0.5) is 15.9 Å². The van der Waals surface area contributed by atoms with Crippen LogP contribution in [0.15, 0.2) is 36.4 Å². The fourth-order valence-electron chi connectivity index (χ4n) is 2.19. The van der Waals surface area contributed by atoms with Crippen molar-refractivity contribution in [3.8, 4) is 5.75 Å². The first-order chi connectivity index (χ1) is 11.5. The van der Waals surface area contributed by atoms with Crippen molar-refractivity contribution in [1.82, 2.24) is 10.2 Å². The Bertz CT molecular complexity index is 954. The van der Waals surface area contributed by atoms with Gasteiger partial charge in [0.05, 0.1) is 28.5 Å². The van der Waals surface area contributed by atoms with E-state index in [9.17, 15) is 19.3 Å². The SMILES string of the molecule is COc1ccc(C(=O)Nc2n[nH]c3ccc([N+](=O)[O-])cc23)c(F)c1. The lowest BCUT2D eigenvalue weighted by molar-refractivity contribution is -0.384. The van der Waals surface area contributed by atoms with Gasteiger partial charge < -0.3 is 10.1 Å². The third-order valence-electron chi connectivity index (χ3n) is 3.41. The van der Waals surface area contributed by atoms with Crippen LogP contribution in [0.1, 0.15) is 10.4 Å². The molecule has 0 aliphatic rings. The van der Waals surface area contributed by atoms with E-state index in [0.29, 0.717) is 10.9 Å². The minimum Gasteiger partial charge on any atom is -0.497 e. The second kappa shape index (κ2) is 5.95. The summed E-state index contributed by atoms with van der Waals surface area (Å²) in [7, 11) is 1.39. The van der Waals surface area contributed by atoms with Gasteiger partial charge in [0.25, 0.3) is 11.6 Å². The topological polar surface area (TPSA) is 110 Å². The zero-order valence-electron chi connectivity index (χ0n) is 12.4. The van der Waals surface area contributed by atoms with E-state index in [2.05, 4.69) is 15.5 Å². The average molecular weight is 330 g/mol. The van der Waals surface area contributed by atoms with Crippen LogP contribution in [0.25, 0.3) is 10.9 Å². The van der Waals surface area contributed by atoms with Gasteiger partial charge in [-0.1, -0.05) is 0 Å².